The number of hydrogen-bond donors (Lipinski definition) is 0. The molecule has 0 unspecified atom stereocenters. The van der Waals surface area contributed by atoms with E-state index in [2.05, 4.69) is 15.9 Å². The van der Waals surface area contributed by atoms with E-state index >= 15 is 0 Å². The van der Waals surface area contributed by atoms with Crippen molar-refractivity contribution in [3.05, 3.63) is 80.3 Å². The van der Waals surface area contributed by atoms with Crippen LogP contribution in [0.5, 0.6) is 0 Å². The van der Waals surface area contributed by atoms with E-state index in [1.54, 1.807) is 24.3 Å². The number of halogens is 1. The summed E-state index contributed by atoms with van der Waals surface area (Å²) < 4.78 is 0.903. The van der Waals surface area contributed by atoms with Gasteiger partial charge < -0.3 is 0 Å². The van der Waals surface area contributed by atoms with Gasteiger partial charge in [-0.2, -0.15) is 0 Å². The van der Waals surface area contributed by atoms with Crippen molar-refractivity contribution in [1.82, 2.24) is 0 Å². The summed E-state index contributed by atoms with van der Waals surface area (Å²) in [5.74, 6) is -0.494. The lowest BCUT2D eigenvalue weighted by molar-refractivity contribution is -0.483. The van der Waals surface area contributed by atoms with Crippen LogP contribution in [0.25, 0.3) is 0 Å². The van der Waals surface area contributed by atoms with Crippen molar-refractivity contribution in [3.63, 3.8) is 0 Å². The molecule has 0 saturated carbocycles. The summed E-state index contributed by atoms with van der Waals surface area (Å²) in [6, 6.07) is 16.2. The summed E-state index contributed by atoms with van der Waals surface area (Å²) in [4.78, 5) is 22.7. The van der Waals surface area contributed by atoms with Crippen molar-refractivity contribution < 1.29 is 9.72 Å². The van der Waals surface area contributed by atoms with Gasteiger partial charge in [-0.15, -0.1) is 0 Å². The second kappa shape index (κ2) is 7.13. The number of benzene rings is 2. The standard InChI is InChI=1S/C16H14BrNO3/c17-15-8-6-12(7-9-15)14(11-18(20)21)10-16(19)13-4-2-1-3-5-13/h1-9,14H,10-11H2/t14-/m1/s1. The quantitative estimate of drug-likeness (QED) is 0.449. The minimum atomic E-state index is -0.416. The highest BCUT2D eigenvalue weighted by atomic mass is 79.9. The van der Waals surface area contributed by atoms with Crippen LogP contribution < -0.4 is 0 Å². The summed E-state index contributed by atoms with van der Waals surface area (Å²) in [6.07, 6.45) is 0.132. The Morgan fingerprint density at radius 1 is 1.10 bits per heavy atom. The van der Waals surface area contributed by atoms with Gasteiger partial charge in [-0.05, 0) is 17.7 Å². The molecular formula is C16H14BrNO3. The number of hydrogen-bond acceptors (Lipinski definition) is 3. The predicted octanol–water partition coefficient (Wildman–Crippen LogP) is 4.08. The Labute approximate surface area is 131 Å². The average molecular weight is 348 g/mol. The summed E-state index contributed by atoms with van der Waals surface area (Å²) in [5, 5.41) is 10.9. The zero-order valence-corrected chi connectivity index (χ0v) is 12.8. The van der Waals surface area contributed by atoms with Crippen LogP contribution in [-0.2, 0) is 0 Å². The molecule has 0 radical (unpaired) electrons. The molecule has 0 saturated heterocycles. The van der Waals surface area contributed by atoms with Crippen molar-refractivity contribution in [2.45, 2.75) is 12.3 Å². The van der Waals surface area contributed by atoms with E-state index in [4.69, 9.17) is 0 Å². The molecule has 0 heterocycles. The molecule has 1 atom stereocenters. The molecule has 0 bridgehead atoms. The highest BCUT2D eigenvalue weighted by Crippen LogP contribution is 2.24. The maximum atomic E-state index is 12.2. The molecule has 0 N–H and O–H groups in total. The van der Waals surface area contributed by atoms with Crippen molar-refractivity contribution >= 4 is 21.7 Å². The monoisotopic (exact) mass is 347 g/mol. The second-order valence-electron chi connectivity index (χ2n) is 4.76. The molecule has 0 aliphatic rings. The van der Waals surface area contributed by atoms with Gasteiger partial charge in [0.25, 0.3) is 0 Å². The molecule has 0 aliphatic carbocycles. The van der Waals surface area contributed by atoms with Gasteiger partial charge >= 0.3 is 0 Å². The molecule has 0 amide bonds. The first-order chi connectivity index (χ1) is 10.1. The SMILES string of the molecule is O=C(C[C@H](C[N+](=O)[O-])c1ccc(Br)cc1)c1ccccc1. The second-order valence-corrected chi connectivity index (χ2v) is 5.67. The van der Waals surface area contributed by atoms with Gasteiger partial charge in [-0.3, -0.25) is 14.9 Å². The smallest absolute Gasteiger partial charge is 0.211 e. The molecule has 2 aromatic rings. The number of carbonyl (C=O) groups is 1. The molecule has 21 heavy (non-hydrogen) atoms. The molecule has 0 aromatic heterocycles. The Morgan fingerprint density at radius 2 is 1.71 bits per heavy atom. The molecule has 108 valence electrons. The van der Waals surface area contributed by atoms with Gasteiger partial charge in [0.15, 0.2) is 5.78 Å². The first-order valence-corrected chi connectivity index (χ1v) is 7.31. The minimum absolute atomic E-state index is 0.0784. The largest absolute Gasteiger partial charge is 0.294 e. The van der Waals surface area contributed by atoms with Crippen molar-refractivity contribution in [2.24, 2.45) is 0 Å². The summed E-state index contributed by atoms with van der Waals surface area (Å²) in [5.41, 5.74) is 1.39. The first kappa shape index (κ1) is 15.4. The fourth-order valence-electron chi connectivity index (χ4n) is 2.17. The van der Waals surface area contributed by atoms with Gasteiger partial charge in [0.2, 0.25) is 6.54 Å². The Kier molecular flexibility index (Phi) is 5.22. The number of rotatable bonds is 6. The number of ketones is 1. The van der Waals surface area contributed by atoms with Gasteiger partial charge in [0, 0.05) is 21.4 Å². The third-order valence-electron chi connectivity index (χ3n) is 3.24. The maximum absolute atomic E-state index is 12.2. The van der Waals surface area contributed by atoms with Gasteiger partial charge in [-0.1, -0.05) is 58.4 Å². The molecular weight excluding hydrogens is 334 g/mol. The van der Waals surface area contributed by atoms with Crippen molar-refractivity contribution in [1.29, 1.82) is 0 Å². The van der Waals surface area contributed by atoms with Crippen LogP contribution >= 0.6 is 15.9 Å². The zero-order chi connectivity index (χ0) is 15.2. The Hall–Kier alpha value is -2.01. The highest BCUT2D eigenvalue weighted by molar-refractivity contribution is 9.10. The van der Waals surface area contributed by atoms with Gasteiger partial charge in [0.05, 0.1) is 5.92 Å². The third-order valence-corrected chi connectivity index (χ3v) is 3.77. The van der Waals surface area contributed by atoms with Crippen LogP contribution in [0.1, 0.15) is 28.3 Å². The van der Waals surface area contributed by atoms with E-state index in [9.17, 15) is 14.9 Å². The first-order valence-electron chi connectivity index (χ1n) is 6.52. The average Bonchev–Trinajstić information content (AvgIpc) is 2.48. The molecule has 4 nitrogen and oxygen atoms in total. The van der Waals surface area contributed by atoms with Gasteiger partial charge in [-0.25, -0.2) is 0 Å². The topological polar surface area (TPSA) is 60.2 Å². The van der Waals surface area contributed by atoms with Crippen LogP contribution in [0.3, 0.4) is 0 Å². The summed E-state index contributed by atoms with van der Waals surface area (Å²) in [7, 11) is 0. The van der Waals surface area contributed by atoms with E-state index < -0.39 is 5.92 Å². The Balaban J connectivity index is 2.18. The molecule has 5 heteroatoms. The predicted molar refractivity (Wildman–Crippen MR) is 84.1 cm³/mol. The summed E-state index contributed by atoms with van der Waals surface area (Å²) in [6.45, 7) is -0.250. The number of Topliss-reactive ketones (excluding diaryl/α,β-unsaturated/α-hetero) is 1. The van der Waals surface area contributed by atoms with Crippen LogP contribution in [0.2, 0.25) is 0 Å². The van der Waals surface area contributed by atoms with E-state index in [1.165, 1.54) is 0 Å². The fourth-order valence-corrected chi connectivity index (χ4v) is 2.43. The Bertz CT molecular complexity index is 626. The lowest BCUT2D eigenvalue weighted by Crippen LogP contribution is -2.16. The summed E-state index contributed by atoms with van der Waals surface area (Å²) >= 11 is 3.33. The van der Waals surface area contributed by atoms with E-state index in [0.29, 0.717) is 5.56 Å². The van der Waals surface area contributed by atoms with E-state index in [0.717, 1.165) is 10.0 Å². The van der Waals surface area contributed by atoms with Crippen LogP contribution in [0.4, 0.5) is 0 Å². The third kappa shape index (κ3) is 4.49. The van der Waals surface area contributed by atoms with Crippen LogP contribution in [0, 0.1) is 10.1 Å². The molecule has 0 spiro atoms. The van der Waals surface area contributed by atoms with E-state index in [1.807, 2.05) is 30.3 Å². The van der Waals surface area contributed by atoms with Crippen molar-refractivity contribution in [2.75, 3.05) is 6.54 Å². The van der Waals surface area contributed by atoms with Crippen molar-refractivity contribution in [3.8, 4) is 0 Å². The lowest BCUT2D eigenvalue weighted by atomic mass is 9.91. The minimum Gasteiger partial charge on any atom is -0.294 e. The van der Waals surface area contributed by atoms with Crippen LogP contribution in [-0.4, -0.2) is 17.3 Å². The van der Waals surface area contributed by atoms with Crippen LogP contribution in [0.15, 0.2) is 59.1 Å². The lowest BCUT2D eigenvalue weighted by Gasteiger charge is -2.13. The number of carbonyl (C=O) groups excluding carboxylic acids is 1. The zero-order valence-electron chi connectivity index (χ0n) is 11.2. The number of nitrogens with zero attached hydrogens (tertiary/aromatic N) is 1. The fraction of sp³-hybridized carbons (Fsp3) is 0.188. The molecule has 0 fully saturated rings. The number of nitro groups is 1. The maximum Gasteiger partial charge on any atom is 0.211 e. The normalized spacial score (nSPS) is 11.9. The molecule has 2 aromatic carbocycles. The van der Waals surface area contributed by atoms with E-state index in [-0.39, 0.29) is 23.7 Å². The highest BCUT2D eigenvalue weighted by Gasteiger charge is 2.22. The molecule has 2 rings (SSSR count). The van der Waals surface area contributed by atoms with Gasteiger partial charge in [0.1, 0.15) is 0 Å². The Morgan fingerprint density at radius 3 is 2.29 bits per heavy atom. The molecule has 0 aliphatic heterocycles.